The Morgan fingerprint density at radius 2 is 2.07 bits per heavy atom. The summed E-state index contributed by atoms with van der Waals surface area (Å²) in [6.07, 6.45) is 9.40. The molecule has 1 fully saturated rings. The van der Waals surface area contributed by atoms with Gasteiger partial charge in [-0.2, -0.15) is 0 Å². The fourth-order valence-corrected chi connectivity index (χ4v) is 2.45. The third-order valence-corrected chi connectivity index (χ3v) is 3.42. The molecule has 2 rings (SSSR count). The normalized spacial score (nSPS) is 27.3. The first-order valence-corrected chi connectivity index (χ1v) is 6.02. The van der Waals surface area contributed by atoms with Crippen molar-refractivity contribution in [2.24, 2.45) is 11.7 Å². The fourth-order valence-electron chi connectivity index (χ4n) is 2.45. The van der Waals surface area contributed by atoms with Crippen molar-refractivity contribution in [1.29, 1.82) is 0 Å². The first kappa shape index (κ1) is 10.6. The first-order valence-electron chi connectivity index (χ1n) is 6.02. The smallest absolute Gasteiger partial charge is 0.0406 e. The van der Waals surface area contributed by atoms with Crippen LogP contribution >= 0.6 is 0 Å². The van der Waals surface area contributed by atoms with Gasteiger partial charge in [-0.1, -0.05) is 25.3 Å². The van der Waals surface area contributed by atoms with Gasteiger partial charge < -0.3 is 5.73 Å². The Balaban J connectivity index is 1.97. The quantitative estimate of drug-likeness (QED) is 0.752. The van der Waals surface area contributed by atoms with Gasteiger partial charge >= 0.3 is 0 Å². The average molecular weight is 204 g/mol. The van der Waals surface area contributed by atoms with Gasteiger partial charge in [0.2, 0.25) is 0 Å². The number of pyridine rings is 1. The van der Waals surface area contributed by atoms with Gasteiger partial charge in [-0.05, 0) is 37.3 Å². The largest absolute Gasteiger partial charge is 0.327 e. The molecule has 1 heterocycles. The van der Waals surface area contributed by atoms with E-state index in [2.05, 4.69) is 17.1 Å². The predicted molar refractivity (Wildman–Crippen MR) is 62.5 cm³/mol. The Morgan fingerprint density at radius 3 is 2.87 bits per heavy atom. The van der Waals surface area contributed by atoms with Crippen molar-refractivity contribution in [2.75, 3.05) is 0 Å². The van der Waals surface area contributed by atoms with Gasteiger partial charge in [0.1, 0.15) is 0 Å². The van der Waals surface area contributed by atoms with Gasteiger partial charge in [0.25, 0.3) is 0 Å². The maximum atomic E-state index is 6.20. The SMILES string of the molecule is NC1CCCCCC1Cc1ccccn1. The molecule has 15 heavy (non-hydrogen) atoms. The van der Waals surface area contributed by atoms with E-state index < -0.39 is 0 Å². The summed E-state index contributed by atoms with van der Waals surface area (Å²) < 4.78 is 0. The number of nitrogens with two attached hydrogens (primary N) is 1. The molecule has 2 atom stereocenters. The van der Waals surface area contributed by atoms with E-state index in [-0.39, 0.29) is 0 Å². The second-order valence-corrected chi connectivity index (χ2v) is 4.59. The molecule has 1 aliphatic carbocycles. The summed E-state index contributed by atoms with van der Waals surface area (Å²) in [4.78, 5) is 4.38. The standard InChI is InChI=1S/C13H20N2/c14-13-8-3-1-2-6-11(13)10-12-7-4-5-9-15-12/h4-5,7,9,11,13H,1-3,6,8,10,14H2. The van der Waals surface area contributed by atoms with E-state index in [1.165, 1.54) is 37.8 Å². The van der Waals surface area contributed by atoms with Crippen LogP contribution in [0.15, 0.2) is 24.4 Å². The third-order valence-electron chi connectivity index (χ3n) is 3.42. The summed E-state index contributed by atoms with van der Waals surface area (Å²) in [5, 5.41) is 0. The number of aromatic nitrogens is 1. The summed E-state index contributed by atoms with van der Waals surface area (Å²) >= 11 is 0. The third kappa shape index (κ3) is 3.03. The highest BCUT2D eigenvalue weighted by atomic mass is 14.7. The molecule has 0 saturated heterocycles. The van der Waals surface area contributed by atoms with Crippen molar-refractivity contribution < 1.29 is 0 Å². The van der Waals surface area contributed by atoms with Crippen molar-refractivity contribution in [3.63, 3.8) is 0 Å². The molecule has 1 aromatic heterocycles. The van der Waals surface area contributed by atoms with Gasteiger partial charge in [-0.15, -0.1) is 0 Å². The molecule has 82 valence electrons. The van der Waals surface area contributed by atoms with Crippen LogP contribution in [0.3, 0.4) is 0 Å². The molecule has 0 aromatic carbocycles. The van der Waals surface area contributed by atoms with Crippen molar-refractivity contribution in [1.82, 2.24) is 4.98 Å². The summed E-state index contributed by atoms with van der Waals surface area (Å²) in [5.41, 5.74) is 7.39. The predicted octanol–water partition coefficient (Wildman–Crippen LogP) is 2.53. The van der Waals surface area contributed by atoms with Crippen LogP contribution in [0, 0.1) is 5.92 Å². The van der Waals surface area contributed by atoms with Gasteiger partial charge in [0, 0.05) is 17.9 Å². The van der Waals surface area contributed by atoms with Gasteiger partial charge in [0.05, 0.1) is 0 Å². The molecular weight excluding hydrogens is 184 g/mol. The molecular formula is C13H20N2. The fraction of sp³-hybridized carbons (Fsp3) is 0.615. The minimum atomic E-state index is 0.384. The topological polar surface area (TPSA) is 38.9 Å². The number of hydrogen-bond acceptors (Lipinski definition) is 2. The van der Waals surface area contributed by atoms with E-state index in [0.717, 1.165) is 6.42 Å². The highest BCUT2D eigenvalue weighted by Crippen LogP contribution is 2.24. The zero-order valence-electron chi connectivity index (χ0n) is 9.23. The Bertz CT molecular complexity index is 284. The monoisotopic (exact) mass is 204 g/mol. The van der Waals surface area contributed by atoms with Crippen LogP contribution in [-0.4, -0.2) is 11.0 Å². The lowest BCUT2D eigenvalue weighted by Gasteiger charge is -2.20. The van der Waals surface area contributed by atoms with E-state index >= 15 is 0 Å². The molecule has 0 bridgehead atoms. The van der Waals surface area contributed by atoms with E-state index in [4.69, 9.17) is 5.73 Å². The second-order valence-electron chi connectivity index (χ2n) is 4.59. The summed E-state index contributed by atoms with van der Waals surface area (Å²) in [5.74, 6) is 0.641. The molecule has 0 radical (unpaired) electrons. The maximum Gasteiger partial charge on any atom is 0.0406 e. The lowest BCUT2D eigenvalue weighted by Crippen LogP contribution is -2.30. The Kier molecular flexibility index (Phi) is 3.73. The van der Waals surface area contributed by atoms with Gasteiger partial charge in [-0.25, -0.2) is 0 Å². The highest BCUT2D eigenvalue weighted by molar-refractivity contribution is 5.05. The summed E-state index contributed by atoms with van der Waals surface area (Å²) in [7, 11) is 0. The maximum absolute atomic E-state index is 6.20. The molecule has 0 aliphatic heterocycles. The molecule has 0 spiro atoms. The van der Waals surface area contributed by atoms with E-state index in [1.54, 1.807) is 0 Å². The zero-order chi connectivity index (χ0) is 10.5. The minimum absolute atomic E-state index is 0.384. The van der Waals surface area contributed by atoms with Crippen LogP contribution in [0.5, 0.6) is 0 Å². The first-order chi connectivity index (χ1) is 7.36. The van der Waals surface area contributed by atoms with Crippen molar-refractivity contribution in [3.05, 3.63) is 30.1 Å². The molecule has 2 N–H and O–H groups in total. The van der Waals surface area contributed by atoms with Crippen LogP contribution in [0.2, 0.25) is 0 Å². The molecule has 2 nitrogen and oxygen atoms in total. The Morgan fingerprint density at radius 1 is 1.20 bits per heavy atom. The van der Waals surface area contributed by atoms with Crippen LogP contribution in [0.4, 0.5) is 0 Å². The van der Waals surface area contributed by atoms with Crippen molar-refractivity contribution >= 4 is 0 Å². The van der Waals surface area contributed by atoms with Crippen LogP contribution < -0.4 is 5.73 Å². The highest BCUT2D eigenvalue weighted by Gasteiger charge is 2.20. The molecule has 1 aromatic rings. The average Bonchev–Trinajstić information content (AvgIpc) is 2.46. The zero-order valence-corrected chi connectivity index (χ0v) is 9.23. The second kappa shape index (κ2) is 5.26. The van der Waals surface area contributed by atoms with Crippen LogP contribution in [0.1, 0.15) is 37.8 Å². The summed E-state index contributed by atoms with van der Waals surface area (Å²) in [6, 6.07) is 6.52. The van der Waals surface area contributed by atoms with Gasteiger partial charge in [0.15, 0.2) is 0 Å². The lowest BCUT2D eigenvalue weighted by molar-refractivity contribution is 0.392. The minimum Gasteiger partial charge on any atom is -0.327 e. The Hall–Kier alpha value is -0.890. The number of hydrogen-bond donors (Lipinski definition) is 1. The van der Waals surface area contributed by atoms with Gasteiger partial charge in [-0.3, -0.25) is 4.98 Å². The van der Waals surface area contributed by atoms with Crippen LogP contribution in [-0.2, 0) is 6.42 Å². The lowest BCUT2D eigenvalue weighted by atomic mass is 9.91. The molecule has 2 heteroatoms. The van der Waals surface area contributed by atoms with E-state index in [0.29, 0.717) is 12.0 Å². The number of nitrogens with zero attached hydrogens (tertiary/aromatic N) is 1. The number of rotatable bonds is 2. The Labute approximate surface area is 91.9 Å². The van der Waals surface area contributed by atoms with E-state index in [9.17, 15) is 0 Å². The molecule has 0 amide bonds. The van der Waals surface area contributed by atoms with E-state index in [1.807, 2.05) is 12.3 Å². The van der Waals surface area contributed by atoms with Crippen molar-refractivity contribution in [3.8, 4) is 0 Å². The molecule has 1 saturated carbocycles. The van der Waals surface area contributed by atoms with Crippen molar-refractivity contribution in [2.45, 2.75) is 44.6 Å². The van der Waals surface area contributed by atoms with Crippen LogP contribution in [0.25, 0.3) is 0 Å². The molecule has 2 unspecified atom stereocenters. The summed E-state index contributed by atoms with van der Waals surface area (Å²) in [6.45, 7) is 0. The molecule has 1 aliphatic rings.